The van der Waals surface area contributed by atoms with Crippen molar-refractivity contribution in [3.8, 4) is 24.3 Å². The first-order valence-corrected chi connectivity index (χ1v) is 9.69. The zero-order valence-corrected chi connectivity index (χ0v) is 16.9. The molecule has 0 fully saturated rings. The summed E-state index contributed by atoms with van der Waals surface area (Å²) in [4.78, 5) is 6.26. The minimum atomic E-state index is -0.0611. The Hall–Kier alpha value is -4.43. The Morgan fingerprint density at radius 3 is 1.97 bits per heavy atom. The second kappa shape index (κ2) is 7.19. The molecule has 0 bridgehead atoms. The molecule has 3 aromatic rings. The molecular formula is C23H12N6S. The Bertz CT molecular complexity index is 1390. The molecule has 140 valence electrons. The Kier molecular flexibility index (Phi) is 4.53. The number of hydrogen-bond acceptors (Lipinski definition) is 6. The number of rotatable bonds is 1. The van der Waals surface area contributed by atoms with Gasteiger partial charge in [-0.25, -0.2) is 4.98 Å². The molecule has 0 saturated heterocycles. The van der Waals surface area contributed by atoms with E-state index in [-0.39, 0.29) is 11.1 Å². The highest BCUT2D eigenvalue weighted by Crippen LogP contribution is 2.49. The van der Waals surface area contributed by atoms with E-state index in [0.29, 0.717) is 27.8 Å². The Morgan fingerprint density at radius 2 is 1.50 bits per heavy atom. The third-order valence-electron chi connectivity index (χ3n) is 5.06. The van der Waals surface area contributed by atoms with Crippen molar-refractivity contribution in [1.82, 2.24) is 9.55 Å². The third-order valence-corrected chi connectivity index (χ3v) is 6.03. The summed E-state index contributed by atoms with van der Waals surface area (Å²) in [6.45, 7) is 1.93. The fourth-order valence-electron chi connectivity index (χ4n) is 3.61. The van der Waals surface area contributed by atoms with Gasteiger partial charge in [0.15, 0.2) is 0 Å². The highest BCUT2D eigenvalue weighted by Gasteiger charge is 2.32. The van der Waals surface area contributed by atoms with Gasteiger partial charge in [-0.3, -0.25) is 0 Å². The maximum Gasteiger partial charge on any atom is 0.142 e. The minimum absolute atomic E-state index is 0.0611. The molecular weight excluding hydrogens is 392 g/mol. The molecule has 2 aromatic heterocycles. The fourth-order valence-corrected chi connectivity index (χ4v) is 4.66. The van der Waals surface area contributed by atoms with E-state index in [1.807, 2.05) is 55.0 Å². The van der Waals surface area contributed by atoms with Crippen molar-refractivity contribution in [2.45, 2.75) is 6.92 Å². The van der Waals surface area contributed by atoms with Gasteiger partial charge in [0.25, 0.3) is 0 Å². The summed E-state index contributed by atoms with van der Waals surface area (Å²) >= 11 is 1.47. The van der Waals surface area contributed by atoms with Crippen LogP contribution in [0.2, 0.25) is 0 Å². The molecule has 0 aliphatic heterocycles. The van der Waals surface area contributed by atoms with Crippen molar-refractivity contribution < 1.29 is 0 Å². The van der Waals surface area contributed by atoms with Gasteiger partial charge in [-0.05, 0) is 35.8 Å². The van der Waals surface area contributed by atoms with Crippen LogP contribution in [0.15, 0.2) is 47.1 Å². The van der Waals surface area contributed by atoms with Gasteiger partial charge in [0, 0.05) is 23.1 Å². The molecule has 0 spiro atoms. The van der Waals surface area contributed by atoms with E-state index in [1.54, 1.807) is 24.3 Å². The number of fused-ring (bicyclic) bond motifs is 2. The molecule has 4 rings (SSSR count). The number of thiophene rings is 1. The van der Waals surface area contributed by atoms with Crippen molar-refractivity contribution in [3.05, 3.63) is 68.9 Å². The summed E-state index contributed by atoms with van der Waals surface area (Å²) in [7, 11) is 1.93. The second-order valence-corrected chi connectivity index (χ2v) is 7.67. The van der Waals surface area contributed by atoms with Crippen molar-refractivity contribution >= 4 is 38.9 Å². The molecule has 30 heavy (non-hydrogen) atoms. The molecule has 0 N–H and O–H groups in total. The Balaban J connectivity index is 2.09. The third kappa shape index (κ3) is 2.71. The zero-order valence-electron chi connectivity index (χ0n) is 16.1. The lowest BCUT2D eigenvalue weighted by molar-refractivity contribution is 0.886. The summed E-state index contributed by atoms with van der Waals surface area (Å²) in [5.74, 6) is 0.900. The highest BCUT2D eigenvalue weighted by molar-refractivity contribution is 7.19. The van der Waals surface area contributed by atoms with Gasteiger partial charge in [0.05, 0.1) is 5.52 Å². The largest absolute Gasteiger partial charge is 0.331 e. The maximum atomic E-state index is 9.57. The standard InChI is InChI=1S/C23H12N6S/c1-13-28-23-20(29(13)2)8-16(30-23)7-19-21(14(9-24)10-25)17-5-3-4-6-18(17)22(19)15(11-26)12-27/h3-8H,1-2H3. The van der Waals surface area contributed by atoms with Gasteiger partial charge in [-0.2, -0.15) is 21.0 Å². The molecule has 0 saturated carbocycles. The lowest BCUT2D eigenvalue weighted by Gasteiger charge is -2.04. The molecule has 0 unspecified atom stereocenters. The van der Waals surface area contributed by atoms with E-state index in [9.17, 15) is 21.0 Å². The molecule has 0 radical (unpaired) electrons. The molecule has 1 aromatic carbocycles. The van der Waals surface area contributed by atoms with E-state index >= 15 is 0 Å². The van der Waals surface area contributed by atoms with Gasteiger partial charge < -0.3 is 4.57 Å². The number of imidazole rings is 1. The van der Waals surface area contributed by atoms with Crippen LogP contribution in [0.5, 0.6) is 0 Å². The van der Waals surface area contributed by atoms with Gasteiger partial charge in [0.2, 0.25) is 0 Å². The van der Waals surface area contributed by atoms with Crippen LogP contribution in [0, 0.1) is 52.2 Å². The first kappa shape index (κ1) is 18.9. The number of hydrogen-bond donors (Lipinski definition) is 0. The number of nitrogens with zero attached hydrogens (tertiary/aromatic N) is 6. The van der Waals surface area contributed by atoms with Gasteiger partial charge >= 0.3 is 0 Å². The second-order valence-electron chi connectivity index (χ2n) is 6.61. The summed E-state index contributed by atoms with van der Waals surface area (Å²) in [5.41, 5.74) is 3.58. The van der Waals surface area contributed by atoms with Crippen LogP contribution in [0.3, 0.4) is 0 Å². The first-order valence-electron chi connectivity index (χ1n) is 8.88. The van der Waals surface area contributed by atoms with Crippen LogP contribution in [0.1, 0.15) is 21.8 Å². The molecule has 6 nitrogen and oxygen atoms in total. The normalized spacial score (nSPS) is 12.0. The number of nitriles is 4. The summed E-state index contributed by atoms with van der Waals surface area (Å²) in [6, 6.07) is 17.0. The van der Waals surface area contributed by atoms with Crippen LogP contribution in [-0.4, -0.2) is 9.55 Å². The SMILES string of the molecule is Cc1nc2sc(C=C3C(=C(C#N)C#N)c4ccccc4C3=C(C#N)C#N)cc2n1C. The van der Waals surface area contributed by atoms with E-state index < -0.39 is 0 Å². The number of benzene rings is 1. The van der Waals surface area contributed by atoms with Crippen LogP contribution in [-0.2, 0) is 7.05 Å². The summed E-state index contributed by atoms with van der Waals surface area (Å²) in [5, 5.41) is 38.3. The fraction of sp³-hybridized carbons (Fsp3) is 0.0870. The monoisotopic (exact) mass is 404 g/mol. The Labute approximate surface area is 176 Å². The van der Waals surface area contributed by atoms with Gasteiger partial charge in [-0.15, -0.1) is 11.3 Å². The van der Waals surface area contributed by atoms with E-state index in [0.717, 1.165) is 21.0 Å². The van der Waals surface area contributed by atoms with Crippen LogP contribution in [0.4, 0.5) is 0 Å². The highest BCUT2D eigenvalue weighted by atomic mass is 32.1. The predicted octanol–water partition coefficient (Wildman–Crippen LogP) is 4.64. The van der Waals surface area contributed by atoms with Crippen LogP contribution < -0.4 is 0 Å². The van der Waals surface area contributed by atoms with Gasteiger partial charge in [-0.1, -0.05) is 24.3 Å². The van der Waals surface area contributed by atoms with Crippen molar-refractivity contribution in [1.29, 1.82) is 21.0 Å². The Morgan fingerprint density at radius 1 is 0.967 bits per heavy atom. The van der Waals surface area contributed by atoms with Crippen molar-refractivity contribution in [3.63, 3.8) is 0 Å². The molecule has 0 amide bonds. The number of aryl methyl sites for hydroxylation is 2. The minimum Gasteiger partial charge on any atom is -0.331 e. The van der Waals surface area contributed by atoms with Crippen LogP contribution in [0.25, 0.3) is 27.6 Å². The zero-order chi connectivity index (χ0) is 21.4. The van der Waals surface area contributed by atoms with E-state index in [4.69, 9.17) is 0 Å². The molecule has 2 heterocycles. The lowest BCUT2D eigenvalue weighted by Crippen LogP contribution is -1.90. The quantitative estimate of drug-likeness (QED) is 0.548. The van der Waals surface area contributed by atoms with E-state index in [1.165, 1.54) is 11.3 Å². The average Bonchev–Trinajstić information content (AvgIpc) is 3.37. The molecule has 1 aliphatic rings. The first-order chi connectivity index (χ1) is 14.5. The van der Waals surface area contributed by atoms with Crippen molar-refractivity contribution in [2.75, 3.05) is 0 Å². The number of allylic oxidation sites excluding steroid dienone is 5. The van der Waals surface area contributed by atoms with E-state index in [2.05, 4.69) is 4.98 Å². The van der Waals surface area contributed by atoms with Gasteiger partial charge in [0.1, 0.15) is 46.1 Å². The molecule has 0 atom stereocenters. The lowest BCUT2D eigenvalue weighted by atomic mass is 9.96. The van der Waals surface area contributed by atoms with Crippen LogP contribution >= 0.6 is 11.3 Å². The predicted molar refractivity (Wildman–Crippen MR) is 114 cm³/mol. The average molecular weight is 404 g/mol. The summed E-state index contributed by atoms with van der Waals surface area (Å²) < 4.78 is 1.98. The topological polar surface area (TPSA) is 113 Å². The summed E-state index contributed by atoms with van der Waals surface area (Å²) in [6.07, 6.45) is 1.83. The number of aromatic nitrogens is 2. The maximum absolute atomic E-state index is 9.57. The molecule has 1 aliphatic carbocycles. The smallest absolute Gasteiger partial charge is 0.142 e. The van der Waals surface area contributed by atoms with Crippen molar-refractivity contribution in [2.24, 2.45) is 7.05 Å². The molecule has 7 heteroatoms.